The van der Waals surface area contributed by atoms with Gasteiger partial charge in [-0.1, -0.05) is 152 Å². The molecule has 0 bridgehead atoms. The molecule has 8 aromatic carbocycles. The van der Waals surface area contributed by atoms with Crippen molar-refractivity contribution in [1.29, 1.82) is 0 Å². The van der Waals surface area contributed by atoms with E-state index >= 15 is 0 Å². The number of thiophene rings is 2. The first-order valence-electron chi connectivity index (χ1n) is 20.7. The van der Waals surface area contributed by atoms with Crippen molar-refractivity contribution in [2.24, 2.45) is 0 Å². The highest BCUT2D eigenvalue weighted by molar-refractivity contribution is 7.26. The Labute approximate surface area is 368 Å². The quantitative estimate of drug-likeness (QED) is 0.166. The molecule has 5 heterocycles. The van der Waals surface area contributed by atoms with Gasteiger partial charge >= 0.3 is 0 Å². The maximum absolute atomic E-state index is 6.66. The van der Waals surface area contributed by atoms with Crippen molar-refractivity contribution in [3.8, 4) is 67.9 Å². The average molecular weight is 842 g/mol. The second kappa shape index (κ2) is 14.3. The summed E-state index contributed by atoms with van der Waals surface area (Å²) in [6.45, 7) is 0. The molecule has 0 aliphatic heterocycles. The normalized spacial score (nSPS) is 11.8. The zero-order valence-electron chi connectivity index (χ0n) is 33.4. The van der Waals surface area contributed by atoms with Crippen LogP contribution in [0.15, 0.2) is 192 Å². The number of benzene rings is 8. The van der Waals surface area contributed by atoms with Crippen molar-refractivity contribution in [2.45, 2.75) is 0 Å². The zero-order valence-corrected chi connectivity index (χ0v) is 35.0. The van der Waals surface area contributed by atoms with E-state index in [1.165, 1.54) is 30.4 Å². The molecule has 6 nitrogen and oxygen atoms in total. The largest absolute Gasteiger partial charge is 0.456 e. The Balaban J connectivity index is 0.960. The van der Waals surface area contributed by atoms with Crippen LogP contribution in [0.25, 0.3) is 130 Å². The lowest BCUT2D eigenvalue weighted by Crippen LogP contribution is -2.00. The molecule has 13 rings (SSSR count). The second-order valence-corrected chi connectivity index (χ2v) is 17.7. The van der Waals surface area contributed by atoms with Crippen molar-refractivity contribution in [3.05, 3.63) is 188 Å². The lowest BCUT2D eigenvalue weighted by Gasteiger charge is -2.11. The van der Waals surface area contributed by atoms with Crippen LogP contribution in [0.3, 0.4) is 0 Å². The first kappa shape index (κ1) is 35.8. The zero-order chi connectivity index (χ0) is 41.4. The molecule has 63 heavy (non-hydrogen) atoms. The number of nitrogens with zero attached hydrogens (tertiary/aromatic N) is 5. The monoisotopic (exact) mass is 841 g/mol. The molecule has 0 radical (unpaired) electrons. The molecular weight excluding hydrogens is 811 g/mol. The van der Waals surface area contributed by atoms with Gasteiger partial charge in [0.15, 0.2) is 23.3 Å². The molecule has 0 atom stereocenters. The summed E-state index contributed by atoms with van der Waals surface area (Å²) in [5.74, 6) is 2.41. The Kier molecular flexibility index (Phi) is 8.15. The first-order valence-corrected chi connectivity index (χ1v) is 22.4. The van der Waals surface area contributed by atoms with Crippen LogP contribution in [0.1, 0.15) is 0 Å². The smallest absolute Gasteiger partial charge is 0.164 e. The van der Waals surface area contributed by atoms with Gasteiger partial charge in [-0.05, 0) is 47.5 Å². The Morgan fingerprint density at radius 3 is 1.76 bits per heavy atom. The van der Waals surface area contributed by atoms with E-state index in [-0.39, 0.29) is 0 Å². The summed E-state index contributed by atoms with van der Waals surface area (Å²) in [5, 5.41) is 5.56. The van der Waals surface area contributed by atoms with Crippen LogP contribution in [0, 0.1) is 0 Å². The van der Waals surface area contributed by atoms with Crippen molar-refractivity contribution in [1.82, 2.24) is 24.9 Å². The number of furan rings is 1. The van der Waals surface area contributed by atoms with E-state index in [9.17, 15) is 0 Å². The number of rotatable bonds is 6. The van der Waals surface area contributed by atoms with Gasteiger partial charge in [-0.15, -0.1) is 22.7 Å². The third-order valence-electron chi connectivity index (χ3n) is 11.8. The van der Waals surface area contributed by atoms with E-state index in [0.717, 1.165) is 76.6 Å². The van der Waals surface area contributed by atoms with E-state index in [1.807, 2.05) is 59.9 Å². The minimum atomic E-state index is 0.568. The molecule has 0 unspecified atom stereocenters. The van der Waals surface area contributed by atoms with Crippen LogP contribution in [0.2, 0.25) is 0 Å². The Hall–Kier alpha value is -7.91. The molecule has 5 aromatic heterocycles. The van der Waals surface area contributed by atoms with Crippen molar-refractivity contribution in [3.63, 3.8) is 0 Å². The molecule has 0 fully saturated rings. The van der Waals surface area contributed by atoms with Crippen LogP contribution in [-0.4, -0.2) is 24.9 Å². The lowest BCUT2D eigenvalue weighted by molar-refractivity contribution is 0.669. The van der Waals surface area contributed by atoms with Crippen molar-refractivity contribution in [2.75, 3.05) is 0 Å². The maximum atomic E-state index is 6.66. The molecular formula is C55H31N5OS2. The molecule has 8 heteroatoms. The molecule has 0 saturated carbocycles. The fraction of sp³-hybridized carbons (Fsp3) is 0. The summed E-state index contributed by atoms with van der Waals surface area (Å²) in [7, 11) is 0. The van der Waals surface area contributed by atoms with Gasteiger partial charge in [0, 0.05) is 68.8 Å². The first-order chi connectivity index (χ1) is 31.2. The summed E-state index contributed by atoms with van der Waals surface area (Å²) in [4.78, 5) is 25.9. The van der Waals surface area contributed by atoms with Crippen LogP contribution < -0.4 is 0 Å². The predicted octanol–water partition coefficient (Wildman–Crippen LogP) is 15.3. The van der Waals surface area contributed by atoms with E-state index in [1.54, 1.807) is 11.3 Å². The molecule has 13 aromatic rings. The van der Waals surface area contributed by atoms with Gasteiger partial charge < -0.3 is 4.42 Å². The van der Waals surface area contributed by atoms with E-state index in [0.29, 0.717) is 23.3 Å². The number of aromatic nitrogens is 5. The standard InChI is InChI=1S/C55H31N5OS2/c1-3-14-32(15-4-1)48-51-49(41-21-8-10-27-46(41)63-51)57-53(56-48)36-28-29-40-44(31-36)61-43-25-13-24-42(47(40)43)55-59-52(33-16-5-2-6-17-33)58-54(60-55)35-19-11-18-34(30-35)37-22-12-23-39-38-20-7-9-26-45(38)62-50(37)39/h1-31H. The fourth-order valence-corrected chi connectivity index (χ4v) is 11.2. The molecule has 0 spiro atoms. The summed E-state index contributed by atoms with van der Waals surface area (Å²) in [6, 6.07) is 65.0. The molecule has 0 aliphatic carbocycles. The van der Waals surface area contributed by atoms with Crippen molar-refractivity contribution >= 4 is 85.1 Å². The molecule has 0 saturated heterocycles. The SMILES string of the molecule is c1ccc(-c2nc(-c3cccc(-c4cccc5c4sc4ccccc45)c3)nc(-c3cccc4oc5cc(-c6nc(-c7ccccc7)c7sc8ccccc8c7n6)ccc5c34)n2)cc1. The molecule has 0 aliphatic rings. The average Bonchev–Trinajstić information content (AvgIpc) is 4.05. The van der Waals surface area contributed by atoms with Crippen LogP contribution in [-0.2, 0) is 0 Å². The number of hydrogen-bond acceptors (Lipinski definition) is 8. The molecule has 294 valence electrons. The number of fused-ring (bicyclic) bond motifs is 9. The van der Waals surface area contributed by atoms with Crippen molar-refractivity contribution < 1.29 is 4.42 Å². The van der Waals surface area contributed by atoms with Crippen LogP contribution in [0.4, 0.5) is 0 Å². The summed E-state index contributed by atoms with van der Waals surface area (Å²) >= 11 is 3.56. The minimum Gasteiger partial charge on any atom is -0.456 e. The topological polar surface area (TPSA) is 77.6 Å². The molecule has 0 amide bonds. The van der Waals surface area contributed by atoms with Gasteiger partial charge in [0.2, 0.25) is 0 Å². The van der Waals surface area contributed by atoms with Gasteiger partial charge in [0.05, 0.1) is 15.9 Å². The summed E-state index contributed by atoms with van der Waals surface area (Å²) in [6.07, 6.45) is 0. The lowest BCUT2D eigenvalue weighted by atomic mass is 10.0. The highest BCUT2D eigenvalue weighted by Crippen LogP contribution is 2.43. The number of hydrogen-bond donors (Lipinski definition) is 0. The maximum Gasteiger partial charge on any atom is 0.164 e. The predicted molar refractivity (Wildman–Crippen MR) is 261 cm³/mol. The Morgan fingerprint density at radius 1 is 0.333 bits per heavy atom. The van der Waals surface area contributed by atoms with Gasteiger partial charge in [0.1, 0.15) is 11.2 Å². The minimum absolute atomic E-state index is 0.568. The Bertz CT molecular complexity index is 3930. The van der Waals surface area contributed by atoms with Gasteiger partial charge in [-0.25, -0.2) is 24.9 Å². The third kappa shape index (κ3) is 5.95. The Morgan fingerprint density at radius 2 is 0.921 bits per heavy atom. The van der Waals surface area contributed by atoms with Gasteiger partial charge in [0.25, 0.3) is 0 Å². The summed E-state index contributed by atoms with van der Waals surface area (Å²) in [5.41, 5.74) is 10.3. The fourth-order valence-electron chi connectivity index (χ4n) is 8.81. The van der Waals surface area contributed by atoms with E-state index in [2.05, 4.69) is 140 Å². The molecule has 0 N–H and O–H groups in total. The second-order valence-electron chi connectivity index (χ2n) is 15.6. The summed E-state index contributed by atoms with van der Waals surface area (Å²) < 4.78 is 11.5. The van der Waals surface area contributed by atoms with E-state index in [4.69, 9.17) is 29.3 Å². The highest BCUT2D eigenvalue weighted by atomic mass is 32.1. The third-order valence-corrected chi connectivity index (χ3v) is 14.2. The van der Waals surface area contributed by atoms with Gasteiger partial charge in [-0.3, -0.25) is 0 Å². The highest BCUT2D eigenvalue weighted by Gasteiger charge is 2.21. The van der Waals surface area contributed by atoms with Crippen LogP contribution in [0.5, 0.6) is 0 Å². The van der Waals surface area contributed by atoms with E-state index < -0.39 is 0 Å². The van der Waals surface area contributed by atoms with Gasteiger partial charge in [-0.2, -0.15) is 0 Å². The van der Waals surface area contributed by atoms with Crippen LogP contribution >= 0.6 is 22.7 Å².